The number of hydrogen-bond donors (Lipinski definition) is 0. The van der Waals surface area contributed by atoms with Gasteiger partial charge in [0.25, 0.3) is 0 Å². The van der Waals surface area contributed by atoms with Gasteiger partial charge in [-0.05, 0) is 58.2 Å². The molecular weight excluding hydrogens is 332 g/mol. The maximum Gasteiger partial charge on any atom is 0.302 e. The van der Waals surface area contributed by atoms with Gasteiger partial charge in [-0.15, -0.1) is 0 Å². The molecule has 1 atom stereocenters. The van der Waals surface area contributed by atoms with Crippen LogP contribution >= 0.6 is 0 Å². The summed E-state index contributed by atoms with van der Waals surface area (Å²) in [5, 5.41) is 0.124. The van der Waals surface area contributed by atoms with Gasteiger partial charge in [0.05, 0.1) is 12.7 Å². The van der Waals surface area contributed by atoms with E-state index in [0.29, 0.717) is 13.0 Å². The molecule has 0 N–H and O–H groups in total. The van der Waals surface area contributed by atoms with Crippen molar-refractivity contribution in [1.82, 2.24) is 0 Å². The van der Waals surface area contributed by atoms with E-state index in [0.717, 1.165) is 19.3 Å². The molecule has 146 valence electrons. The van der Waals surface area contributed by atoms with Crippen LogP contribution in [0.4, 0.5) is 0 Å². The summed E-state index contributed by atoms with van der Waals surface area (Å²) in [5.74, 6) is -0.0633. The number of rotatable bonds is 10. The lowest BCUT2D eigenvalue weighted by Crippen LogP contribution is -2.44. The molecule has 0 aromatic carbocycles. The first-order valence-electron chi connectivity index (χ1n) is 9.22. The van der Waals surface area contributed by atoms with Gasteiger partial charge in [-0.2, -0.15) is 0 Å². The minimum Gasteiger partial charge on any atom is -0.466 e. The number of ketones is 1. The SMILES string of the molecule is CC(=O)C[C@H](C/C(C)=C(\C)CCCOC(C)=O)O[Si](C)(C)C(C)(C)C. The van der Waals surface area contributed by atoms with Crippen LogP contribution in [0.1, 0.15) is 74.1 Å². The van der Waals surface area contributed by atoms with Crippen LogP contribution in [0.5, 0.6) is 0 Å². The van der Waals surface area contributed by atoms with Gasteiger partial charge in [-0.25, -0.2) is 0 Å². The topological polar surface area (TPSA) is 52.6 Å². The first-order chi connectivity index (χ1) is 11.3. The summed E-state index contributed by atoms with van der Waals surface area (Å²) in [6.07, 6.45) is 2.91. The quantitative estimate of drug-likeness (QED) is 0.223. The molecule has 0 aromatic rings. The van der Waals surface area contributed by atoms with E-state index >= 15 is 0 Å². The number of Topliss-reactive ketones (excluding diaryl/α,β-unsaturated/α-hetero) is 1. The predicted octanol–water partition coefficient (Wildman–Crippen LogP) is 5.43. The molecule has 25 heavy (non-hydrogen) atoms. The van der Waals surface area contributed by atoms with Crippen LogP contribution in [0.15, 0.2) is 11.1 Å². The summed E-state index contributed by atoms with van der Waals surface area (Å²) in [7, 11) is -1.91. The molecule has 0 heterocycles. The van der Waals surface area contributed by atoms with Gasteiger partial charge >= 0.3 is 5.97 Å². The maximum atomic E-state index is 11.7. The van der Waals surface area contributed by atoms with E-state index in [-0.39, 0.29) is 22.9 Å². The number of esters is 1. The fourth-order valence-corrected chi connectivity index (χ4v) is 3.71. The van der Waals surface area contributed by atoms with Crippen molar-refractivity contribution < 1.29 is 18.8 Å². The average molecular weight is 371 g/mol. The lowest BCUT2D eigenvalue weighted by atomic mass is 9.99. The predicted molar refractivity (Wildman–Crippen MR) is 106 cm³/mol. The third-order valence-corrected chi connectivity index (χ3v) is 9.58. The first kappa shape index (κ1) is 24.1. The lowest BCUT2D eigenvalue weighted by Gasteiger charge is -2.39. The number of carbonyl (C=O) groups is 2. The van der Waals surface area contributed by atoms with Gasteiger partial charge in [-0.1, -0.05) is 31.9 Å². The molecule has 0 radical (unpaired) electrons. The van der Waals surface area contributed by atoms with E-state index in [1.165, 1.54) is 18.1 Å². The Kier molecular flexibility index (Phi) is 9.88. The van der Waals surface area contributed by atoms with Gasteiger partial charge in [0, 0.05) is 13.3 Å². The van der Waals surface area contributed by atoms with E-state index in [2.05, 4.69) is 47.7 Å². The molecule has 0 aliphatic rings. The highest BCUT2D eigenvalue weighted by Crippen LogP contribution is 2.38. The van der Waals surface area contributed by atoms with Crippen LogP contribution in [0.2, 0.25) is 18.1 Å². The molecule has 0 spiro atoms. The Morgan fingerprint density at radius 3 is 1.96 bits per heavy atom. The second-order valence-electron chi connectivity index (χ2n) is 8.61. The standard InChI is InChI=1S/C20H38O4Si/c1-15(11-10-12-23-18(4)22)16(2)13-19(14-17(3)21)24-25(8,9)20(5,6)7/h19H,10-14H2,1-9H3/b16-15+/t19-/m0/s1. The van der Waals surface area contributed by atoms with E-state index < -0.39 is 8.32 Å². The summed E-state index contributed by atoms with van der Waals surface area (Å²) < 4.78 is 11.5. The van der Waals surface area contributed by atoms with Crippen molar-refractivity contribution in [2.75, 3.05) is 6.61 Å². The first-order valence-corrected chi connectivity index (χ1v) is 12.1. The molecule has 0 aromatic heterocycles. The van der Waals surface area contributed by atoms with Gasteiger partial charge in [0.1, 0.15) is 5.78 Å². The average Bonchev–Trinajstić information content (AvgIpc) is 2.40. The molecule has 0 saturated carbocycles. The Morgan fingerprint density at radius 1 is 0.960 bits per heavy atom. The van der Waals surface area contributed by atoms with Gasteiger partial charge in [0.15, 0.2) is 8.32 Å². The fourth-order valence-electron chi connectivity index (χ4n) is 2.35. The maximum absolute atomic E-state index is 11.7. The van der Waals surface area contributed by atoms with E-state index in [1.807, 2.05) is 0 Å². The van der Waals surface area contributed by atoms with Crippen molar-refractivity contribution in [2.24, 2.45) is 0 Å². The van der Waals surface area contributed by atoms with Crippen molar-refractivity contribution in [3.8, 4) is 0 Å². The zero-order valence-electron chi connectivity index (χ0n) is 17.7. The number of ether oxygens (including phenoxy) is 1. The van der Waals surface area contributed by atoms with E-state index in [9.17, 15) is 9.59 Å². The van der Waals surface area contributed by atoms with Crippen LogP contribution in [0.3, 0.4) is 0 Å². The Morgan fingerprint density at radius 2 is 1.52 bits per heavy atom. The number of allylic oxidation sites excluding steroid dienone is 1. The molecule has 0 rings (SSSR count). The van der Waals surface area contributed by atoms with Crippen LogP contribution in [0.25, 0.3) is 0 Å². The summed E-state index contributed by atoms with van der Waals surface area (Å²) >= 11 is 0. The van der Waals surface area contributed by atoms with Crippen molar-refractivity contribution >= 4 is 20.1 Å². The third-order valence-electron chi connectivity index (χ3n) is 5.05. The molecule has 5 heteroatoms. The third kappa shape index (κ3) is 9.95. The van der Waals surface area contributed by atoms with Crippen molar-refractivity contribution in [3.63, 3.8) is 0 Å². The van der Waals surface area contributed by atoms with Crippen molar-refractivity contribution in [1.29, 1.82) is 0 Å². The Hall–Kier alpha value is -0.943. The van der Waals surface area contributed by atoms with Crippen molar-refractivity contribution in [3.05, 3.63) is 11.1 Å². The van der Waals surface area contributed by atoms with Crippen LogP contribution in [-0.4, -0.2) is 32.8 Å². The highest BCUT2D eigenvalue weighted by Gasteiger charge is 2.39. The van der Waals surface area contributed by atoms with E-state index in [1.54, 1.807) is 6.92 Å². The fraction of sp³-hybridized carbons (Fsp3) is 0.800. The largest absolute Gasteiger partial charge is 0.466 e. The normalized spacial score (nSPS) is 14.8. The smallest absolute Gasteiger partial charge is 0.302 e. The van der Waals surface area contributed by atoms with Gasteiger partial charge in [-0.3, -0.25) is 9.59 Å². The summed E-state index contributed by atoms with van der Waals surface area (Å²) in [5.41, 5.74) is 2.56. The molecule has 0 unspecified atom stereocenters. The van der Waals surface area contributed by atoms with Crippen LogP contribution in [-0.2, 0) is 18.8 Å². The Bertz CT molecular complexity index is 486. The van der Waals surface area contributed by atoms with Crippen LogP contribution < -0.4 is 0 Å². The number of hydrogen-bond acceptors (Lipinski definition) is 4. The molecule has 0 bridgehead atoms. The lowest BCUT2D eigenvalue weighted by molar-refractivity contribution is -0.141. The van der Waals surface area contributed by atoms with Gasteiger partial charge < -0.3 is 9.16 Å². The highest BCUT2D eigenvalue weighted by molar-refractivity contribution is 6.74. The zero-order chi connectivity index (χ0) is 19.8. The summed E-state index contributed by atoms with van der Waals surface area (Å²) in [6, 6.07) is 0. The highest BCUT2D eigenvalue weighted by atomic mass is 28.4. The minimum atomic E-state index is -1.91. The summed E-state index contributed by atoms with van der Waals surface area (Å²) in [4.78, 5) is 22.5. The molecule has 0 amide bonds. The zero-order valence-corrected chi connectivity index (χ0v) is 18.7. The second-order valence-corrected chi connectivity index (χ2v) is 13.4. The minimum absolute atomic E-state index is 0.0539. The Balaban J connectivity index is 4.91. The second kappa shape index (κ2) is 10.3. The van der Waals surface area contributed by atoms with E-state index in [4.69, 9.17) is 9.16 Å². The van der Waals surface area contributed by atoms with Crippen molar-refractivity contribution in [2.45, 2.75) is 98.4 Å². The number of carbonyl (C=O) groups excluding carboxylic acids is 2. The summed E-state index contributed by atoms with van der Waals surface area (Å²) in [6.45, 7) is 18.8. The molecule has 0 aliphatic heterocycles. The monoisotopic (exact) mass is 370 g/mol. The Labute approximate surface area is 155 Å². The molecule has 0 saturated heterocycles. The molecular formula is C20H38O4Si. The van der Waals surface area contributed by atoms with Crippen LogP contribution in [0, 0.1) is 0 Å². The molecule has 0 fully saturated rings. The molecule has 4 nitrogen and oxygen atoms in total. The van der Waals surface area contributed by atoms with Gasteiger partial charge in [0.2, 0.25) is 0 Å². The molecule has 0 aliphatic carbocycles.